The third-order valence-electron chi connectivity index (χ3n) is 8.60. The molecular weight excluding hydrogens is 272 g/mol. The Bertz CT molecular complexity index is 524. The van der Waals surface area contributed by atoms with Gasteiger partial charge in [-0.05, 0) is 73.2 Å². The van der Waals surface area contributed by atoms with Crippen LogP contribution in [0.5, 0.6) is 0 Å². The molecule has 22 heavy (non-hydrogen) atoms. The van der Waals surface area contributed by atoms with E-state index in [1.807, 2.05) is 0 Å². The van der Waals surface area contributed by atoms with E-state index in [0.717, 1.165) is 31.6 Å². The topological polar surface area (TPSA) is 40.5 Å². The molecule has 0 amide bonds. The maximum atomic E-state index is 11.0. The lowest BCUT2D eigenvalue weighted by molar-refractivity contribution is -0.178. The number of hydrogen-bond donors (Lipinski definition) is 2. The van der Waals surface area contributed by atoms with Crippen LogP contribution in [0.25, 0.3) is 0 Å². The SMILES string of the molecule is C=C1C(O)[C@@]23CC[C@@H]4C(C)(C)CCC[C@@]4(C)[C@@H]2CC[C@]1(O)C3. The van der Waals surface area contributed by atoms with E-state index in [4.69, 9.17) is 0 Å². The van der Waals surface area contributed by atoms with Crippen molar-refractivity contribution in [3.05, 3.63) is 12.2 Å². The van der Waals surface area contributed by atoms with E-state index in [-0.39, 0.29) is 5.41 Å². The molecule has 0 radical (unpaired) electrons. The monoisotopic (exact) mass is 304 g/mol. The fourth-order valence-corrected chi connectivity index (χ4v) is 7.69. The molecule has 124 valence electrons. The van der Waals surface area contributed by atoms with Gasteiger partial charge in [-0.15, -0.1) is 0 Å². The highest BCUT2D eigenvalue weighted by Crippen LogP contribution is 2.72. The molecule has 0 saturated heterocycles. The molecule has 2 N–H and O–H groups in total. The Balaban J connectivity index is 1.79. The van der Waals surface area contributed by atoms with Crippen LogP contribution in [0.2, 0.25) is 0 Å². The Kier molecular flexibility index (Phi) is 2.89. The van der Waals surface area contributed by atoms with Crippen molar-refractivity contribution in [3.63, 3.8) is 0 Å². The molecule has 1 spiro atoms. The zero-order valence-electron chi connectivity index (χ0n) is 14.5. The molecule has 0 aromatic heterocycles. The molecule has 4 aliphatic rings. The number of aliphatic hydroxyl groups is 2. The molecule has 4 fully saturated rings. The van der Waals surface area contributed by atoms with E-state index in [1.54, 1.807) is 0 Å². The van der Waals surface area contributed by atoms with Gasteiger partial charge >= 0.3 is 0 Å². The average Bonchev–Trinajstić information content (AvgIpc) is 2.56. The second kappa shape index (κ2) is 4.19. The molecule has 1 unspecified atom stereocenters. The van der Waals surface area contributed by atoms with Gasteiger partial charge < -0.3 is 10.2 Å². The summed E-state index contributed by atoms with van der Waals surface area (Å²) < 4.78 is 0. The van der Waals surface area contributed by atoms with Crippen molar-refractivity contribution in [2.75, 3.05) is 0 Å². The summed E-state index contributed by atoms with van der Waals surface area (Å²) in [4.78, 5) is 0. The minimum atomic E-state index is -0.788. The van der Waals surface area contributed by atoms with Gasteiger partial charge in [0.05, 0.1) is 11.7 Å². The summed E-state index contributed by atoms with van der Waals surface area (Å²) in [5.41, 5.74) is 0.578. The van der Waals surface area contributed by atoms with Crippen molar-refractivity contribution >= 4 is 0 Å². The predicted octanol–water partition coefficient (Wildman–Crippen LogP) is 4.06. The maximum absolute atomic E-state index is 11.0. The first-order chi connectivity index (χ1) is 10.2. The van der Waals surface area contributed by atoms with Crippen LogP contribution in [0.15, 0.2) is 12.2 Å². The van der Waals surface area contributed by atoms with Gasteiger partial charge in [0.2, 0.25) is 0 Å². The van der Waals surface area contributed by atoms with E-state index >= 15 is 0 Å². The Hall–Kier alpha value is -0.340. The van der Waals surface area contributed by atoms with Crippen LogP contribution in [-0.4, -0.2) is 21.9 Å². The first-order valence-electron chi connectivity index (χ1n) is 9.26. The van der Waals surface area contributed by atoms with Crippen molar-refractivity contribution in [3.8, 4) is 0 Å². The van der Waals surface area contributed by atoms with Crippen molar-refractivity contribution in [2.45, 2.75) is 83.8 Å². The lowest BCUT2D eigenvalue weighted by Gasteiger charge is -2.64. The summed E-state index contributed by atoms with van der Waals surface area (Å²) in [7, 11) is 0. The van der Waals surface area contributed by atoms with Crippen LogP contribution >= 0.6 is 0 Å². The van der Waals surface area contributed by atoms with Crippen LogP contribution in [0.4, 0.5) is 0 Å². The lowest BCUT2D eigenvalue weighted by Crippen LogP contribution is -2.59. The standard InChI is InChI=1S/C20H32O2/c1-13-16(21)19-10-6-14-17(2,3)8-5-9-18(14,4)15(19)7-11-20(13,22)12-19/h14-16,21-22H,1,5-12H2,2-4H3/t14-,15+,16?,18-,19-,20+/m1/s1. The highest BCUT2D eigenvalue weighted by Gasteiger charge is 2.69. The van der Waals surface area contributed by atoms with E-state index in [9.17, 15) is 10.2 Å². The van der Waals surface area contributed by atoms with Crippen LogP contribution in [-0.2, 0) is 0 Å². The third kappa shape index (κ3) is 1.59. The fourth-order valence-electron chi connectivity index (χ4n) is 7.69. The minimum absolute atomic E-state index is 0.0945. The largest absolute Gasteiger partial charge is 0.388 e. The zero-order chi connectivity index (χ0) is 16.0. The summed E-state index contributed by atoms with van der Waals surface area (Å²) in [5, 5.41) is 21.9. The summed E-state index contributed by atoms with van der Waals surface area (Å²) in [6.45, 7) is 11.5. The summed E-state index contributed by atoms with van der Waals surface area (Å²) >= 11 is 0. The molecule has 4 saturated carbocycles. The van der Waals surface area contributed by atoms with Gasteiger partial charge in [-0.3, -0.25) is 0 Å². The Labute approximate surface area is 135 Å². The molecule has 4 aliphatic carbocycles. The van der Waals surface area contributed by atoms with Crippen molar-refractivity contribution in [2.24, 2.45) is 28.1 Å². The Morgan fingerprint density at radius 2 is 1.68 bits per heavy atom. The third-order valence-corrected chi connectivity index (χ3v) is 8.60. The number of aliphatic hydroxyl groups excluding tert-OH is 1. The summed E-state index contributed by atoms with van der Waals surface area (Å²) in [6, 6.07) is 0. The zero-order valence-corrected chi connectivity index (χ0v) is 14.5. The van der Waals surface area contributed by atoms with Crippen LogP contribution in [0.3, 0.4) is 0 Å². The quantitative estimate of drug-likeness (QED) is 0.663. The normalized spacial score (nSPS) is 56.4. The maximum Gasteiger partial charge on any atom is 0.0885 e. The molecule has 2 nitrogen and oxygen atoms in total. The van der Waals surface area contributed by atoms with E-state index in [0.29, 0.717) is 22.3 Å². The van der Waals surface area contributed by atoms with Crippen LogP contribution in [0, 0.1) is 28.1 Å². The molecule has 2 heteroatoms. The molecule has 2 bridgehead atoms. The second-order valence-corrected chi connectivity index (χ2v) is 9.90. The number of rotatable bonds is 0. The Morgan fingerprint density at radius 3 is 2.41 bits per heavy atom. The molecule has 6 atom stereocenters. The molecule has 0 heterocycles. The first-order valence-corrected chi connectivity index (χ1v) is 9.26. The smallest absolute Gasteiger partial charge is 0.0885 e. The van der Waals surface area contributed by atoms with Gasteiger partial charge in [-0.1, -0.05) is 33.8 Å². The number of fused-ring (bicyclic) bond motifs is 3. The molecule has 0 aliphatic heterocycles. The van der Waals surface area contributed by atoms with E-state index in [1.165, 1.54) is 25.7 Å². The predicted molar refractivity (Wildman–Crippen MR) is 88.3 cm³/mol. The van der Waals surface area contributed by atoms with Crippen LogP contribution < -0.4 is 0 Å². The van der Waals surface area contributed by atoms with Gasteiger partial charge in [0, 0.05) is 5.41 Å². The van der Waals surface area contributed by atoms with Crippen molar-refractivity contribution in [1.29, 1.82) is 0 Å². The molecular formula is C20H32O2. The van der Waals surface area contributed by atoms with E-state index in [2.05, 4.69) is 27.4 Å². The summed E-state index contributed by atoms with van der Waals surface area (Å²) in [5.74, 6) is 1.31. The second-order valence-electron chi connectivity index (χ2n) is 9.90. The lowest BCUT2D eigenvalue weighted by atomic mass is 9.41. The first kappa shape index (κ1) is 15.2. The van der Waals surface area contributed by atoms with Gasteiger partial charge in [0.1, 0.15) is 0 Å². The van der Waals surface area contributed by atoms with Crippen molar-refractivity contribution in [1.82, 2.24) is 0 Å². The van der Waals surface area contributed by atoms with Crippen molar-refractivity contribution < 1.29 is 10.2 Å². The fraction of sp³-hybridized carbons (Fsp3) is 0.900. The highest BCUT2D eigenvalue weighted by atomic mass is 16.3. The molecule has 0 aromatic rings. The van der Waals surface area contributed by atoms with Gasteiger partial charge in [-0.2, -0.15) is 0 Å². The summed E-state index contributed by atoms with van der Waals surface area (Å²) in [6.07, 6.45) is 8.36. The van der Waals surface area contributed by atoms with Crippen LogP contribution in [0.1, 0.15) is 72.1 Å². The van der Waals surface area contributed by atoms with E-state index < -0.39 is 11.7 Å². The molecule has 4 rings (SSSR count). The van der Waals surface area contributed by atoms with Gasteiger partial charge in [0.15, 0.2) is 0 Å². The number of hydrogen-bond acceptors (Lipinski definition) is 2. The minimum Gasteiger partial charge on any atom is -0.388 e. The van der Waals surface area contributed by atoms with Gasteiger partial charge in [-0.25, -0.2) is 0 Å². The average molecular weight is 304 g/mol. The highest BCUT2D eigenvalue weighted by molar-refractivity contribution is 5.34. The molecule has 0 aromatic carbocycles. The Morgan fingerprint density at radius 1 is 1.00 bits per heavy atom. The van der Waals surface area contributed by atoms with Gasteiger partial charge in [0.25, 0.3) is 0 Å².